The highest BCUT2D eigenvalue weighted by Crippen LogP contribution is 2.29. The lowest BCUT2D eigenvalue weighted by Gasteiger charge is -2.34. The molecule has 0 saturated carbocycles. The van der Waals surface area contributed by atoms with Crippen LogP contribution >= 0.6 is 15.9 Å². The molecule has 0 amide bonds. The highest BCUT2D eigenvalue weighted by Gasteiger charge is 2.17. The summed E-state index contributed by atoms with van der Waals surface area (Å²) in [7, 11) is 1.06. The van der Waals surface area contributed by atoms with Crippen molar-refractivity contribution in [2.24, 2.45) is 0 Å². The van der Waals surface area contributed by atoms with Gasteiger partial charge in [0.2, 0.25) is 0 Å². The maximum Gasteiger partial charge on any atom is 0.161 e. The molecule has 0 aliphatic carbocycles. The number of fused-ring (bicyclic) bond motifs is 1. The van der Waals surface area contributed by atoms with Gasteiger partial charge in [-0.15, -0.1) is 0 Å². The van der Waals surface area contributed by atoms with Crippen LogP contribution in [-0.4, -0.2) is 67.3 Å². The van der Waals surface area contributed by atoms with E-state index >= 15 is 0 Å². The van der Waals surface area contributed by atoms with Crippen molar-refractivity contribution in [3.63, 3.8) is 0 Å². The van der Waals surface area contributed by atoms with Crippen molar-refractivity contribution in [1.82, 2.24) is 19.4 Å². The Morgan fingerprint density at radius 2 is 1.77 bits per heavy atom. The Morgan fingerprint density at radius 1 is 1.06 bits per heavy atom. The van der Waals surface area contributed by atoms with E-state index in [4.69, 9.17) is 4.74 Å². The van der Waals surface area contributed by atoms with Gasteiger partial charge < -0.3 is 14.5 Å². The number of benzene rings is 1. The second kappa shape index (κ2) is 9.40. The van der Waals surface area contributed by atoms with Crippen LogP contribution in [0.2, 0.25) is 25.7 Å². The molecule has 0 unspecified atom stereocenters. The maximum absolute atomic E-state index is 6.09. The predicted octanol–water partition coefficient (Wildman–Crippen LogP) is 4.92. The van der Waals surface area contributed by atoms with Gasteiger partial charge in [-0.3, -0.25) is 4.57 Å². The topological polar surface area (TPSA) is 46.4 Å². The van der Waals surface area contributed by atoms with Gasteiger partial charge in [0.1, 0.15) is 16.9 Å². The van der Waals surface area contributed by atoms with Crippen molar-refractivity contribution in [1.29, 1.82) is 0 Å². The molecule has 0 bridgehead atoms. The molecule has 1 saturated heterocycles. The molecule has 8 heteroatoms. The molecule has 4 rings (SSSR count). The largest absolute Gasteiger partial charge is 0.369 e. The number of hydrogen-bond acceptors (Lipinski definition) is 5. The van der Waals surface area contributed by atoms with Crippen molar-refractivity contribution in [3.8, 4) is 11.3 Å². The molecule has 1 fully saturated rings. The van der Waals surface area contributed by atoms with Gasteiger partial charge in [0, 0.05) is 46.5 Å². The van der Waals surface area contributed by atoms with Gasteiger partial charge in [0.25, 0.3) is 0 Å². The van der Waals surface area contributed by atoms with Gasteiger partial charge in [-0.2, -0.15) is 0 Å². The van der Waals surface area contributed by atoms with Crippen molar-refractivity contribution >= 4 is 40.9 Å². The summed E-state index contributed by atoms with van der Waals surface area (Å²) in [4.78, 5) is 14.1. The fraction of sp³-hybridized carbons (Fsp3) is 0.478. The van der Waals surface area contributed by atoms with Crippen LogP contribution in [0.1, 0.15) is 0 Å². The minimum Gasteiger partial charge on any atom is -0.369 e. The number of anilines is 1. The normalized spacial score (nSPS) is 15.7. The van der Waals surface area contributed by atoms with Crippen molar-refractivity contribution in [2.75, 3.05) is 44.7 Å². The molecule has 3 aromatic rings. The van der Waals surface area contributed by atoms with E-state index in [-0.39, 0.29) is 0 Å². The van der Waals surface area contributed by atoms with Crippen LogP contribution in [0.3, 0.4) is 0 Å². The number of hydrogen-bond donors (Lipinski definition) is 0. The Labute approximate surface area is 194 Å². The van der Waals surface area contributed by atoms with Crippen LogP contribution in [0.15, 0.2) is 41.1 Å². The van der Waals surface area contributed by atoms with Crippen LogP contribution in [0.5, 0.6) is 0 Å². The van der Waals surface area contributed by atoms with E-state index < -0.39 is 8.07 Å². The van der Waals surface area contributed by atoms with Gasteiger partial charge in [-0.1, -0.05) is 31.8 Å². The van der Waals surface area contributed by atoms with E-state index in [0.717, 1.165) is 65.9 Å². The first-order chi connectivity index (χ1) is 14.8. The summed E-state index contributed by atoms with van der Waals surface area (Å²) >= 11 is 3.45. The third-order valence-corrected chi connectivity index (χ3v) is 7.90. The van der Waals surface area contributed by atoms with E-state index in [0.29, 0.717) is 6.73 Å². The smallest absolute Gasteiger partial charge is 0.161 e. The molecule has 0 radical (unpaired) electrons. The predicted molar refractivity (Wildman–Crippen MR) is 134 cm³/mol. The number of aromatic nitrogens is 3. The van der Waals surface area contributed by atoms with Crippen molar-refractivity contribution in [2.45, 2.75) is 32.4 Å². The van der Waals surface area contributed by atoms with Crippen LogP contribution in [0.4, 0.5) is 5.69 Å². The summed E-state index contributed by atoms with van der Waals surface area (Å²) in [6.07, 6.45) is 1.75. The molecule has 3 heterocycles. The highest BCUT2D eigenvalue weighted by molar-refractivity contribution is 9.10. The van der Waals surface area contributed by atoms with E-state index in [1.165, 1.54) is 5.69 Å². The minimum atomic E-state index is -1.12. The molecule has 0 N–H and O–H groups in total. The average Bonchev–Trinajstić information content (AvgIpc) is 3.09. The van der Waals surface area contributed by atoms with E-state index in [2.05, 4.69) is 97.3 Å². The Bertz CT molecular complexity index is 1020. The highest BCUT2D eigenvalue weighted by atomic mass is 79.9. The molecule has 31 heavy (non-hydrogen) atoms. The van der Waals surface area contributed by atoms with E-state index in [9.17, 15) is 0 Å². The lowest BCUT2D eigenvalue weighted by molar-refractivity contribution is 0.0909. The lowest BCUT2D eigenvalue weighted by Crippen LogP contribution is -2.44. The first-order valence-electron chi connectivity index (χ1n) is 10.9. The van der Waals surface area contributed by atoms with Crippen molar-refractivity contribution < 1.29 is 4.74 Å². The maximum atomic E-state index is 6.09. The molecular weight excluding hydrogens is 470 g/mol. The number of ether oxygens (including phenoxy) is 1. The summed E-state index contributed by atoms with van der Waals surface area (Å²) in [5, 5.41) is 0. The summed E-state index contributed by atoms with van der Waals surface area (Å²) in [6.45, 7) is 12.7. The van der Waals surface area contributed by atoms with Crippen LogP contribution < -0.4 is 4.90 Å². The molecular formula is C23H32BrN5OSi. The molecule has 166 valence electrons. The zero-order valence-electron chi connectivity index (χ0n) is 18.9. The zero-order valence-corrected chi connectivity index (χ0v) is 21.5. The summed E-state index contributed by atoms with van der Waals surface area (Å²) < 4.78 is 8.98. The number of piperazine rings is 1. The minimum absolute atomic E-state index is 0.486. The number of halogens is 1. The first-order valence-corrected chi connectivity index (χ1v) is 15.4. The van der Waals surface area contributed by atoms with Gasteiger partial charge >= 0.3 is 0 Å². The van der Waals surface area contributed by atoms with Gasteiger partial charge in [0.05, 0.1) is 11.9 Å². The molecule has 6 nitrogen and oxygen atoms in total. The monoisotopic (exact) mass is 501 g/mol. The molecule has 1 aliphatic heterocycles. The second-order valence-electron chi connectivity index (χ2n) is 9.54. The number of rotatable bonds is 7. The molecule has 0 atom stereocenters. The van der Waals surface area contributed by atoms with Gasteiger partial charge in [-0.05, 0) is 52.8 Å². The molecule has 0 spiro atoms. The first kappa shape index (κ1) is 22.5. The number of likely N-dealkylation sites (N-methyl/N-ethyl adjacent to an activating group) is 1. The fourth-order valence-corrected chi connectivity index (χ4v) is 4.86. The lowest BCUT2D eigenvalue weighted by atomic mass is 10.1. The zero-order chi connectivity index (χ0) is 22.0. The molecule has 1 aliphatic rings. The van der Waals surface area contributed by atoms with Gasteiger partial charge in [-0.25, -0.2) is 9.97 Å². The third-order valence-electron chi connectivity index (χ3n) is 5.82. The quantitative estimate of drug-likeness (QED) is 0.339. The summed E-state index contributed by atoms with van der Waals surface area (Å²) in [5.74, 6) is 0. The Morgan fingerprint density at radius 3 is 2.45 bits per heavy atom. The number of nitrogens with zero attached hydrogens (tertiary/aromatic N) is 5. The van der Waals surface area contributed by atoms with Crippen LogP contribution in [0.25, 0.3) is 22.4 Å². The molecule has 2 aromatic heterocycles. The average molecular weight is 503 g/mol. The Kier molecular flexibility index (Phi) is 6.81. The SMILES string of the molecule is CN1CCN(c2ccc(-c3cc4nc(Br)cnc4n3COCC[Si](C)(C)C)cc2)CC1. The fourth-order valence-electron chi connectivity index (χ4n) is 3.81. The van der Waals surface area contributed by atoms with Gasteiger partial charge in [0.15, 0.2) is 5.65 Å². The molecule has 1 aromatic carbocycles. The van der Waals surface area contributed by atoms with Crippen LogP contribution in [0, 0.1) is 0 Å². The third kappa shape index (κ3) is 5.55. The summed E-state index contributed by atoms with van der Waals surface area (Å²) in [6, 6.07) is 12.1. The van der Waals surface area contributed by atoms with E-state index in [1.54, 1.807) is 6.20 Å². The standard InChI is InChI=1S/C23H32BrN5OSi/c1-27-9-11-28(12-10-27)19-7-5-18(6-8-19)21-15-20-23(25-16-22(24)26-20)29(21)17-30-13-14-31(2,3)4/h5-8,15-16H,9-14,17H2,1-4H3. The van der Waals surface area contributed by atoms with Crippen molar-refractivity contribution in [3.05, 3.63) is 41.1 Å². The summed E-state index contributed by atoms with van der Waals surface area (Å²) in [5.41, 5.74) is 5.26. The Balaban J connectivity index is 1.58. The second-order valence-corrected chi connectivity index (χ2v) is 16.0. The van der Waals surface area contributed by atoms with Crippen LogP contribution in [-0.2, 0) is 11.5 Å². The van der Waals surface area contributed by atoms with E-state index in [1.807, 2.05) is 0 Å². The Hall–Kier alpha value is -1.74.